The summed E-state index contributed by atoms with van der Waals surface area (Å²) in [4.78, 5) is 11.9. The molecular weight excluding hydrogens is 280 g/mol. The highest BCUT2D eigenvalue weighted by molar-refractivity contribution is 5.88. The molecule has 1 aromatic carbocycles. The van der Waals surface area contributed by atoms with Gasteiger partial charge in [0.25, 0.3) is 0 Å². The second kappa shape index (κ2) is 7.61. The summed E-state index contributed by atoms with van der Waals surface area (Å²) >= 11 is 0. The van der Waals surface area contributed by atoms with Crippen LogP contribution in [0.1, 0.15) is 24.8 Å². The number of urea groups is 1. The van der Waals surface area contributed by atoms with E-state index in [1.54, 1.807) is 30.9 Å². The fourth-order valence-electron chi connectivity index (χ4n) is 2.33. The van der Waals surface area contributed by atoms with Gasteiger partial charge in [0, 0.05) is 31.8 Å². The molecule has 0 bridgehead atoms. The minimum atomic E-state index is -0.425. The second-order valence-corrected chi connectivity index (χ2v) is 5.40. The number of rotatable bonds is 6. The lowest BCUT2D eigenvalue weighted by molar-refractivity contribution is 0.173. The van der Waals surface area contributed by atoms with Crippen molar-refractivity contribution in [1.29, 1.82) is 0 Å². The monoisotopic (exact) mass is 302 g/mol. The Bertz CT molecular complexity index is 595. The van der Waals surface area contributed by atoms with Crippen LogP contribution >= 0.6 is 0 Å². The van der Waals surface area contributed by atoms with Crippen LogP contribution in [0.5, 0.6) is 0 Å². The van der Waals surface area contributed by atoms with Crippen molar-refractivity contribution in [2.75, 3.05) is 11.9 Å². The molecule has 0 fully saturated rings. The van der Waals surface area contributed by atoms with E-state index in [4.69, 9.17) is 0 Å². The highest BCUT2D eigenvalue weighted by Crippen LogP contribution is 2.20. The Morgan fingerprint density at radius 1 is 1.32 bits per heavy atom. The summed E-state index contributed by atoms with van der Waals surface area (Å²) in [7, 11) is 1.79. The van der Waals surface area contributed by atoms with Crippen molar-refractivity contribution < 1.29 is 9.90 Å². The molecule has 2 unspecified atom stereocenters. The van der Waals surface area contributed by atoms with Crippen LogP contribution in [0, 0.1) is 0 Å². The Labute approximate surface area is 130 Å². The summed E-state index contributed by atoms with van der Waals surface area (Å²) in [5.41, 5.74) is 1.10. The first kappa shape index (κ1) is 16.0. The first-order valence-electron chi connectivity index (χ1n) is 7.32. The molecule has 0 aliphatic rings. The highest BCUT2D eigenvalue weighted by Gasteiger charge is 2.15. The van der Waals surface area contributed by atoms with E-state index in [0.29, 0.717) is 18.8 Å². The van der Waals surface area contributed by atoms with E-state index in [2.05, 4.69) is 15.7 Å². The SMILES string of the molecule is CC(O)CC(CNC(=O)Nc1ccn(C)n1)c1ccccc1. The number of benzene rings is 1. The van der Waals surface area contributed by atoms with E-state index >= 15 is 0 Å². The normalized spacial score (nSPS) is 13.4. The van der Waals surface area contributed by atoms with Crippen molar-refractivity contribution in [2.45, 2.75) is 25.4 Å². The number of carbonyl (C=O) groups excluding carboxylic acids is 1. The number of hydrogen-bond acceptors (Lipinski definition) is 3. The van der Waals surface area contributed by atoms with Crippen LogP contribution in [0.2, 0.25) is 0 Å². The number of aromatic nitrogens is 2. The summed E-state index contributed by atoms with van der Waals surface area (Å²) in [6.45, 7) is 2.21. The number of aliphatic hydroxyl groups is 1. The largest absolute Gasteiger partial charge is 0.393 e. The van der Waals surface area contributed by atoms with Crippen molar-refractivity contribution in [1.82, 2.24) is 15.1 Å². The van der Waals surface area contributed by atoms with Crippen molar-refractivity contribution >= 4 is 11.8 Å². The van der Waals surface area contributed by atoms with Gasteiger partial charge in [0.05, 0.1) is 6.10 Å². The molecule has 2 aromatic rings. The zero-order chi connectivity index (χ0) is 15.9. The molecule has 0 spiro atoms. The summed E-state index contributed by atoms with van der Waals surface area (Å²) < 4.78 is 1.62. The first-order valence-corrected chi connectivity index (χ1v) is 7.32. The van der Waals surface area contributed by atoms with E-state index in [1.807, 2.05) is 30.3 Å². The molecule has 2 amide bonds. The average Bonchev–Trinajstić information content (AvgIpc) is 2.89. The summed E-state index contributed by atoms with van der Waals surface area (Å²) in [5.74, 6) is 0.572. The van der Waals surface area contributed by atoms with Gasteiger partial charge in [-0.15, -0.1) is 0 Å². The molecule has 0 saturated carbocycles. The maximum atomic E-state index is 11.9. The Hall–Kier alpha value is -2.34. The van der Waals surface area contributed by atoms with Crippen LogP contribution in [-0.2, 0) is 7.05 Å². The highest BCUT2D eigenvalue weighted by atomic mass is 16.3. The summed E-state index contributed by atoms with van der Waals surface area (Å²) in [6, 6.07) is 11.3. The van der Waals surface area contributed by atoms with Gasteiger partial charge in [0.1, 0.15) is 0 Å². The molecule has 1 aromatic heterocycles. The lowest BCUT2D eigenvalue weighted by Crippen LogP contribution is -2.33. The van der Waals surface area contributed by atoms with Crippen LogP contribution in [0.3, 0.4) is 0 Å². The third kappa shape index (κ3) is 4.89. The van der Waals surface area contributed by atoms with Gasteiger partial charge >= 0.3 is 6.03 Å². The maximum Gasteiger partial charge on any atom is 0.320 e. The van der Waals surface area contributed by atoms with E-state index in [1.165, 1.54) is 0 Å². The molecule has 0 aliphatic carbocycles. The van der Waals surface area contributed by atoms with Gasteiger partial charge in [-0.05, 0) is 18.9 Å². The number of hydrogen-bond donors (Lipinski definition) is 3. The predicted molar refractivity (Wildman–Crippen MR) is 85.7 cm³/mol. The maximum absolute atomic E-state index is 11.9. The number of nitrogens with zero attached hydrogens (tertiary/aromatic N) is 2. The number of amides is 2. The number of anilines is 1. The zero-order valence-electron chi connectivity index (χ0n) is 12.9. The fourth-order valence-corrected chi connectivity index (χ4v) is 2.33. The minimum absolute atomic E-state index is 0.0654. The van der Waals surface area contributed by atoms with Crippen LogP contribution in [0.25, 0.3) is 0 Å². The van der Waals surface area contributed by atoms with Gasteiger partial charge < -0.3 is 10.4 Å². The zero-order valence-corrected chi connectivity index (χ0v) is 12.9. The van der Waals surface area contributed by atoms with E-state index < -0.39 is 6.10 Å². The molecule has 6 nitrogen and oxygen atoms in total. The lowest BCUT2D eigenvalue weighted by atomic mass is 9.93. The van der Waals surface area contributed by atoms with E-state index in [-0.39, 0.29) is 11.9 Å². The molecule has 0 saturated heterocycles. The number of aliphatic hydroxyl groups excluding tert-OH is 1. The fraction of sp³-hybridized carbons (Fsp3) is 0.375. The predicted octanol–water partition coefficient (Wildman–Crippen LogP) is 2.10. The van der Waals surface area contributed by atoms with Gasteiger partial charge in [-0.3, -0.25) is 10.00 Å². The van der Waals surface area contributed by atoms with Crippen molar-refractivity contribution in [3.05, 3.63) is 48.2 Å². The Morgan fingerprint density at radius 2 is 2.05 bits per heavy atom. The van der Waals surface area contributed by atoms with Gasteiger partial charge in [0.15, 0.2) is 5.82 Å². The Morgan fingerprint density at radius 3 is 2.64 bits per heavy atom. The second-order valence-electron chi connectivity index (χ2n) is 5.40. The van der Waals surface area contributed by atoms with E-state index in [9.17, 15) is 9.90 Å². The number of aryl methyl sites for hydroxylation is 1. The molecular formula is C16H22N4O2. The summed E-state index contributed by atoms with van der Waals surface area (Å²) in [6.07, 6.45) is 1.93. The summed E-state index contributed by atoms with van der Waals surface area (Å²) in [5, 5.41) is 19.2. The molecule has 2 rings (SSSR count). The van der Waals surface area contributed by atoms with Gasteiger partial charge in [-0.2, -0.15) is 5.10 Å². The van der Waals surface area contributed by atoms with Crippen LogP contribution in [0.15, 0.2) is 42.6 Å². The standard InChI is InChI=1S/C16H22N4O2/c1-12(21)10-14(13-6-4-3-5-7-13)11-17-16(22)18-15-8-9-20(2)19-15/h3-9,12,14,21H,10-11H2,1-2H3,(H2,17,18,19,22). The third-order valence-electron chi connectivity index (χ3n) is 3.36. The number of carbonyl (C=O) groups is 1. The third-order valence-corrected chi connectivity index (χ3v) is 3.36. The van der Waals surface area contributed by atoms with E-state index in [0.717, 1.165) is 5.56 Å². The van der Waals surface area contributed by atoms with Crippen molar-refractivity contribution in [2.24, 2.45) is 7.05 Å². The molecule has 1 heterocycles. The topological polar surface area (TPSA) is 79.2 Å². The van der Waals surface area contributed by atoms with Gasteiger partial charge in [-0.1, -0.05) is 30.3 Å². The molecule has 0 aliphatic heterocycles. The Kier molecular flexibility index (Phi) is 5.55. The van der Waals surface area contributed by atoms with Crippen molar-refractivity contribution in [3.63, 3.8) is 0 Å². The smallest absolute Gasteiger partial charge is 0.320 e. The van der Waals surface area contributed by atoms with Crippen LogP contribution < -0.4 is 10.6 Å². The van der Waals surface area contributed by atoms with Crippen LogP contribution in [-0.4, -0.2) is 33.6 Å². The quantitative estimate of drug-likeness (QED) is 0.764. The molecule has 22 heavy (non-hydrogen) atoms. The Balaban J connectivity index is 1.91. The first-order chi connectivity index (χ1) is 10.5. The van der Waals surface area contributed by atoms with Gasteiger partial charge in [-0.25, -0.2) is 4.79 Å². The van der Waals surface area contributed by atoms with Crippen LogP contribution in [0.4, 0.5) is 10.6 Å². The lowest BCUT2D eigenvalue weighted by Gasteiger charge is -2.19. The molecule has 3 N–H and O–H groups in total. The minimum Gasteiger partial charge on any atom is -0.393 e. The molecule has 2 atom stereocenters. The molecule has 0 radical (unpaired) electrons. The molecule has 118 valence electrons. The van der Waals surface area contributed by atoms with Crippen molar-refractivity contribution in [3.8, 4) is 0 Å². The number of nitrogens with one attached hydrogen (secondary N) is 2. The van der Waals surface area contributed by atoms with Gasteiger partial charge in [0.2, 0.25) is 0 Å². The average molecular weight is 302 g/mol. The molecule has 6 heteroatoms.